The van der Waals surface area contributed by atoms with Gasteiger partial charge in [-0.1, -0.05) is 6.42 Å². The molecule has 2 unspecified atom stereocenters. The molecule has 2 aliphatic rings. The molecule has 2 aliphatic heterocycles. The molecule has 3 rings (SSSR count). The summed E-state index contributed by atoms with van der Waals surface area (Å²) in [7, 11) is 0. The van der Waals surface area contributed by atoms with Gasteiger partial charge in [-0.15, -0.1) is 0 Å². The predicted octanol–water partition coefficient (Wildman–Crippen LogP) is 2.28. The molecule has 3 nitrogen and oxygen atoms in total. The lowest BCUT2D eigenvalue weighted by Gasteiger charge is -2.45. The molecule has 4 heteroatoms. The molecule has 2 N–H and O–H groups in total. The Balaban J connectivity index is 1.83. The number of benzene rings is 1. The Hall–Kier alpha value is -1.44. The van der Waals surface area contributed by atoms with Crippen LogP contribution in [0.2, 0.25) is 0 Å². The van der Waals surface area contributed by atoms with E-state index in [1.165, 1.54) is 24.6 Å². The second-order valence-corrected chi connectivity index (χ2v) is 6.21. The number of nitrogens with zero attached hydrogens (tertiary/aromatic N) is 1. The zero-order chi connectivity index (χ0) is 14.2. The van der Waals surface area contributed by atoms with Gasteiger partial charge >= 0.3 is 0 Å². The lowest BCUT2D eigenvalue weighted by atomic mass is 9.74. The van der Waals surface area contributed by atoms with Crippen LogP contribution in [0.1, 0.15) is 43.2 Å². The highest BCUT2D eigenvalue weighted by molar-refractivity contribution is 5.39. The molecule has 2 heterocycles. The minimum absolute atomic E-state index is 0.350. The molecule has 0 aromatic heterocycles. The molecule has 0 radical (unpaired) electrons. The van der Waals surface area contributed by atoms with Gasteiger partial charge in [-0.2, -0.15) is 5.26 Å². The van der Waals surface area contributed by atoms with E-state index in [1.807, 2.05) is 0 Å². The van der Waals surface area contributed by atoms with Gasteiger partial charge < -0.3 is 10.4 Å². The minimum Gasteiger partial charge on any atom is -0.389 e. The Morgan fingerprint density at radius 1 is 1.35 bits per heavy atom. The number of hydrogen-bond acceptors (Lipinski definition) is 3. The Bertz CT molecular complexity index is 540. The standard InChI is InChI=1S/C16H19FN2O/c17-13-5-4-11(10-18)12(6-13)7-16(20)8-14-2-1-3-15(9-16)19-14/h4-6,14-15,19-20H,1-3,7-9H2. The molecule has 0 aliphatic carbocycles. The van der Waals surface area contributed by atoms with Crippen LogP contribution < -0.4 is 5.32 Å². The highest BCUT2D eigenvalue weighted by atomic mass is 19.1. The van der Waals surface area contributed by atoms with Crippen LogP contribution in [-0.4, -0.2) is 22.8 Å². The molecule has 106 valence electrons. The second kappa shape index (κ2) is 5.16. The Kier molecular flexibility index (Phi) is 3.49. The van der Waals surface area contributed by atoms with Crippen molar-refractivity contribution < 1.29 is 9.50 Å². The molecule has 0 spiro atoms. The third kappa shape index (κ3) is 2.70. The number of hydrogen-bond donors (Lipinski definition) is 2. The molecule has 0 amide bonds. The van der Waals surface area contributed by atoms with E-state index in [9.17, 15) is 9.50 Å². The number of fused-ring (bicyclic) bond motifs is 2. The van der Waals surface area contributed by atoms with E-state index in [1.54, 1.807) is 0 Å². The van der Waals surface area contributed by atoms with E-state index in [0.717, 1.165) is 12.8 Å². The van der Waals surface area contributed by atoms with E-state index < -0.39 is 5.60 Å². The molecule has 2 atom stereocenters. The zero-order valence-electron chi connectivity index (χ0n) is 11.4. The highest BCUT2D eigenvalue weighted by Gasteiger charge is 2.40. The van der Waals surface area contributed by atoms with Gasteiger partial charge in [0.2, 0.25) is 0 Å². The topological polar surface area (TPSA) is 56.0 Å². The first kappa shape index (κ1) is 13.5. The monoisotopic (exact) mass is 274 g/mol. The van der Waals surface area contributed by atoms with Crippen molar-refractivity contribution in [2.24, 2.45) is 0 Å². The average Bonchev–Trinajstić information content (AvgIpc) is 2.37. The largest absolute Gasteiger partial charge is 0.389 e. The Labute approximate surface area is 118 Å². The van der Waals surface area contributed by atoms with Crippen molar-refractivity contribution in [2.45, 2.75) is 56.2 Å². The molecule has 1 aromatic carbocycles. The first-order valence-electron chi connectivity index (χ1n) is 7.25. The SMILES string of the molecule is N#Cc1ccc(F)cc1CC1(O)CC2CCCC(C1)N2. The summed E-state index contributed by atoms with van der Waals surface area (Å²) in [5.74, 6) is -0.350. The van der Waals surface area contributed by atoms with Crippen LogP contribution in [0.15, 0.2) is 18.2 Å². The van der Waals surface area contributed by atoms with Crippen LogP contribution in [-0.2, 0) is 6.42 Å². The fourth-order valence-electron chi connectivity index (χ4n) is 3.75. The maximum atomic E-state index is 13.4. The quantitative estimate of drug-likeness (QED) is 0.870. The van der Waals surface area contributed by atoms with E-state index in [4.69, 9.17) is 5.26 Å². The summed E-state index contributed by atoms with van der Waals surface area (Å²) in [6.07, 6.45) is 5.13. The zero-order valence-corrected chi connectivity index (χ0v) is 11.4. The van der Waals surface area contributed by atoms with E-state index in [-0.39, 0.29) is 5.82 Å². The molecule has 20 heavy (non-hydrogen) atoms. The molecular weight excluding hydrogens is 255 g/mol. The number of rotatable bonds is 2. The van der Waals surface area contributed by atoms with E-state index >= 15 is 0 Å². The van der Waals surface area contributed by atoms with Crippen molar-refractivity contribution >= 4 is 0 Å². The van der Waals surface area contributed by atoms with Crippen LogP contribution in [0.25, 0.3) is 0 Å². The van der Waals surface area contributed by atoms with Gasteiger partial charge in [0.1, 0.15) is 5.82 Å². The van der Waals surface area contributed by atoms with Crippen molar-refractivity contribution in [1.29, 1.82) is 5.26 Å². The van der Waals surface area contributed by atoms with Gasteiger partial charge in [-0.05, 0) is 49.4 Å². The number of nitrogens with one attached hydrogen (secondary N) is 1. The predicted molar refractivity (Wildman–Crippen MR) is 73.6 cm³/mol. The fraction of sp³-hybridized carbons (Fsp3) is 0.562. The van der Waals surface area contributed by atoms with Gasteiger partial charge in [-0.25, -0.2) is 4.39 Å². The first-order valence-corrected chi connectivity index (χ1v) is 7.25. The third-order valence-electron chi connectivity index (χ3n) is 4.54. The van der Waals surface area contributed by atoms with Crippen LogP contribution in [0.4, 0.5) is 4.39 Å². The van der Waals surface area contributed by atoms with Crippen molar-refractivity contribution in [1.82, 2.24) is 5.32 Å². The average molecular weight is 274 g/mol. The van der Waals surface area contributed by atoms with Crippen LogP contribution >= 0.6 is 0 Å². The summed E-state index contributed by atoms with van der Waals surface area (Å²) in [4.78, 5) is 0. The number of aliphatic hydroxyl groups is 1. The van der Waals surface area contributed by atoms with Gasteiger partial charge in [0.05, 0.1) is 17.2 Å². The molecule has 0 saturated carbocycles. The second-order valence-electron chi connectivity index (χ2n) is 6.21. The van der Waals surface area contributed by atoms with Crippen molar-refractivity contribution in [3.05, 3.63) is 35.1 Å². The van der Waals surface area contributed by atoms with Gasteiger partial charge in [0.25, 0.3) is 0 Å². The summed E-state index contributed by atoms with van der Waals surface area (Å²) in [5.41, 5.74) is 0.263. The van der Waals surface area contributed by atoms with Crippen molar-refractivity contribution in [2.75, 3.05) is 0 Å². The van der Waals surface area contributed by atoms with Gasteiger partial charge in [0.15, 0.2) is 0 Å². The maximum absolute atomic E-state index is 13.4. The summed E-state index contributed by atoms with van der Waals surface area (Å²) < 4.78 is 13.4. The third-order valence-corrected chi connectivity index (χ3v) is 4.54. The maximum Gasteiger partial charge on any atom is 0.123 e. The lowest BCUT2D eigenvalue weighted by Crippen LogP contribution is -2.56. The number of nitriles is 1. The normalized spacial score (nSPS) is 32.6. The lowest BCUT2D eigenvalue weighted by molar-refractivity contribution is -0.0303. The van der Waals surface area contributed by atoms with Crippen molar-refractivity contribution in [3.8, 4) is 6.07 Å². The van der Waals surface area contributed by atoms with Crippen LogP contribution in [0.5, 0.6) is 0 Å². The molecule has 2 fully saturated rings. The number of halogens is 1. The molecule has 1 aromatic rings. The van der Waals surface area contributed by atoms with E-state index in [2.05, 4.69) is 11.4 Å². The van der Waals surface area contributed by atoms with E-state index in [0.29, 0.717) is 42.5 Å². The summed E-state index contributed by atoms with van der Waals surface area (Å²) in [6.45, 7) is 0. The van der Waals surface area contributed by atoms with Crippen molar-refractivity contribution in [3.63, 3.8) is 0 Å². The Morgan fingerprint density at radius 2 is 2.05 bits per heavy atom. The summed E-state index contributed by atoms with van der Waals surface area (Å²) in [6, 6.07) is 6.97. The number of piperidine rings is 2. The fourth-order valence-corrected chi connectivity index (χ4v) is 3.75. The van der Waals surface area contributed by atoms with Gasteiger partial charge in [0, 0.05) is 18.5 Å². The van der Waals surface area contributed by atoms with Gasteiger partial charge in [-0.3, -0.25) is 0 Å². The Morgan fingerprint density at radius 3 is 2.70 bits per heavy atom. The summed E-state index contributed by atoms with van der Waals surface area (Å²) in [5, 5.41) is 23.5. The summed E-state index contributed by atoms with van der Waals surface area (Å²) >= 11 is 0. The first-order chi connectivity index (χ1) is 9.58. The molecular formula is C16H19FN2O. The smallest absolute Gasteiger partial charge is 0.123 e. The molecule has 2 saturated heterocycles. The van der Waals surface area contributed by atoms with Crippen LogP contribution in [0, 0.1) is 17.1 Å². The minimum atomic E-state index is -0.819. The molecule has 2 bridgehead atoms. The van der Waals surface area contributed by atoms with Crippen LogP contribution in [0.3, 0.4) is 0 Å². The highest BCUT2D eigenvalue weighted by Crippen LogP contribution is 2.35.